The molecule has 0 heterocycles. The van der Waals surface area contributed by atoms with E-state index >= 15 is 0 Å². The van der Waals surface area contributed by atoms with Crippen LogP contribution in [0.5, 0.6) is 0 Å². The quantitative estimate of drug-likeness (QED) is 0.294. The summed E-state index contributed by atoms with van der Waals surface area (Å²) in [5, 5.41) is 0.588. The van der Waals surface area contributed by atoms with Crippen LogP contribution in [0.25, 0.3) is 0 Å². The van der Waals surface area contributed by atoms with Crippen molar-refractivity contribution in [3.63, 3.8) is 0 Å². The Morgan fingerprint density at radius 2 is 2.20 bits per heavy atom. The van der Waals surface area contributed by atoms with Crippen LogP contribution in [-0.4, -0.2) is 16.5 Å². The van der Waals surface area contributed by atoms with Gasteiger partial charge in [-0.15, -0.1) is 0 Å². The highest BCUT2D eigenvalue weighted by Gasteiger charge is 1.69. The van der Waals surface area contributed by atoms with Crippen LogP contribution in [0.1, 0.15) is 0 Å². The summed E-state index contributed by atoms with van der Waals surface area (Å²) in [4.78, 5) is 9.31. The molecule has 0 atom stereocenters. The summed E-state index contributed by atoms with van der Waals surface area (Å²) in [5.74, 6) is 0. The largest absolute Gasteiger partial charge is 0.286 e. The number of hydrogen-bond donors (Lipinski definition) is 0. The third-order valence-corrected chi connectivity index (χ3v) is 0.378. The lowest BCUT2D eigenvalue weighted by Gasteiger charge is -1.63. The molecule has 1 nitrogen and oxygen atoms in total. The van der Waals surface area contributed by atoms with Gasteiger partial charge in [0.15, 0.2) is 0 Å². The summed E-state index contributed by atoms with van der Waals surface area (Å²) >= 11 is 0. The Kier molecular flexibility index (Phi) is 1.76. The summed E-state index contributed by atoms with van der Waals surface area (Å²) in [6.07, 6.45) is 1.65. The Balaban J connectivity index is 3.20. The SMILES string of the molecule is C=C([SiH3])[C]=O. The maximum absolute atomic E-state index is 9.31. The van der Waals surface area contributed by atoms with Gasteiger partial charge < -0.3 is 0 Å². The maximum atomic E-state index is 9.31. The van der Waals surface area contributed by atoms with Gasteiger partial charge in [-0.05, 0) is 5.20 Å². The van der Waals surface area contributed by atoms with Crippen molar-refractivity contribution in [1.82, 2.24) is 0 Å². The summed E-state index contributed by atoms with van der Waals surface area (Å²) in [6, 6.07) is 0. The molecular formula is C3H5OSi. The molecule has 0 aromatic rings. The Morgan fingerprint density at radius 1 is 2.00 bits per heavy atom. The highest BCUT2D eigenvalue weighted by Crippen LogP contribution is 1.62. The molecule has 0 aliphatic rings. The minimum atomic E-state index is 0.588. The highest BCUT2D eigenvalue weighted by molar-refractivity contribution is 6.31. The van der Waals surface area contributed by atoms with Crippen LogP contribution >= 0.6 is 0 Å². The molecule has 0 unspecified atom stereocenters. The average molecular weight is 85.2 g/mol. The van der Waals surface area contributed by atoms with E-state index in [-0.39, 0.29) is 0 Å². The van der Waals surface area contributed by atoms with Crippen LogP contribution in [0.3, 0.4) is 0 Å². The first-order valence-corrected chi connectivity index (χ1v) is 2.31. The van der Waals surface area contributed by atoms with Gasteiger partial charge in [0.1, 0.15) is 0 Å². The van der Waals surface area contributed by atoms with Crippen molar-refractivity contribution in [1.29, 1.82) is 0 Å². The first kappa shape index (κ1) is 4.63. The van der Waals surface area contributed by atoms with Gasteiger partial charge in [0.2, 0.25) is 6.29 Å². The summed E-state index contributed by atoms with van der Waals surface area (Å²) < 4.78 is 0. The number of allylic oxidation sites excluding steroid dienone is 1. The molecule has 0 aliphatic carbocycles. The normalized spacial score (nSPS) is 7.20. The van der Waals surface area contributed by atoms with Gasteiger partial charge in [-0.1, -0.05) is 6.58 Å². The number of hydrogen-bond acceptors (Lipinski definition) is 1. The molecule has 0 saturated heterocycles. The fourth-order valence-corrected chi connectivity index (χ4v) is 0. The van der Waals surface area contributed by atoms with E-state index in [1.54, 1.807) is 6.29 Å². The highest BCUT2D eigenvalue weighted by atomic mass is 28.1. The third-order valence-electron chi connectivity index (χ3n) is 0.174. The van der Waals surface area contributed by atoms with Crippen LogP contribution < -0.4 is 0 Å². The van der Waals surface area contributed by atoms with Crippen LogP contribution in [0.15, 0.2) is 11.8 Å². The minimum Gasteiger partial charge on any atom is -0.286 e. The molecule has 27 valence electrons. The summed E-state index contributed by atoms with van der Waals surface area (Å²) in [7, 11) is 0.752. The van der Waals surface area contributed by atoms with Crippen LogP contribution in [-0.2, 0) is 4.79 Å². The van der Waals surface area contributed by atoms with E-state index in [2.05, 4.69) is 6.58 Å². The van der Waals surface area contributed by atoms with Crippen molar-refractivity contribution in [2.75, 3.05) is 0 Å². The van der Waals surface area contributed by atoms with E-state index in [9.17, 15) is 4.79 Å². The predicted molar refractivity (Wildman–Crippen MR) is 24.8 cm³/mol. The third kappa shape index (κ3) is 3.63. The molecule has 0 aromatic heterocycles. The van der Waals surface area contributed by atoms with E-state index in [1.165, 1.54) is 0 Å². The van der Waals surface area contributed by atoms with Crippen molar-refractivity contribution in [2.24, 2.45) is 0 Å². The zero-order valence-corrected chi connectivity index (χ0v) is 5.12. The average Bonchev–Trinajstić information content (AvgIpc) is 1.38. The van der Waals surface area contributed by atoms with Gasteiger partial charge in [-0.25, -0.2) is 0 Å². The van der Waals surface area contributed by atoms with Gasteiger partial charge in [-0.2, -0.15) is 0 Å². The zero-order chi connectivity index (χ0) is 4.28. The monoisotopic (exact) mass is 85.0 g/mol. The van der Waals surface area contributed by atoms with Gasteiger partial charge in [0.05, 0.1) is 0 Å². The molecule has 0 spiro atoms. The second kappa shape index (κ2) is 1.90. The van der Waals surface area contributed by atoms with Crippen molar-refractivity contribution in [3.05, 3.63) is 11.8 Å². The van der Waals surface area contributed by atoms with Crippen LogP contribution in [0.2, 0.25) is 0 Å². The van der Waals surface area contributed by atoms with Crippen molar-refractivity contribution < 1.29 is 4.79 Å². The fourth-order valence-electron chi connectivity index (χ4n) is 0. The van der Waals surface area contributed by atoms with E-state index < -0.39 is 0 Å². The van der Waals surface area contributed by atoms with E-state index in [4.69, 9.17) is 0 Å². The van der Waals surface area contributed by atoms with Crippen molar-refractivity contribution in [2.45, 2.75) is 0 Å². The molecule has 0 saturated carbocycles. The molecule has 0 aliphatic heterocycles. The molecular weight excluding hydrogens is 80.1 g/mol. The lowest BCUT2D eigenvalue weighted by atomic mass is 10.7. The Labute approximate surface area is 34.1 Å². The summed E-state index contributed by atoms with van der Waals surface area (Å²) in [5.41, 5.74) is 0. The van der Waals surface area contributed by atoms with Gasteiger partial charge in [0.25, 0.3) is 0 Å². The van der Waals surface area contributed by atoms with Gasteiger partial charge in [-0.3, -0.25) is 4.79 Å². The summed E-state index contributed by atoms with van der Waals surface area (Å²) in [6.45, 7) is 3.31. The van der Waals surface area contributed by atoms with Crippen molar-refractivity contribution >= 4 is 16.5 Å². The maximum Gasteiger partial charge on any atom is 0.223 e. The molecule has 0 fully saturated rings. The molecule has 1 radical (unpaired) electrons. The van der Waals surface area contributed by atoms with E-state index in [1.807, 2.05) is 0 Å². The Hall–Kier alpha value is -0.373. The second-order valence-corrected chi connectivity index (χ2v) is 2.09. The second-order valence-electron chi connectivity index (χ2n) is 0.882. The Morgan fingerprint density at radius 3 is 2.20 bits per heavy atom. The van der Waals surface area contributed by atoms with E-state index in [0.717, 1.165) is 10.2 Å². The predicted octanol–water partition coefficient (Wildman–Crippen LogP) is -1.02. The van der Waals surface area contributed by atoms with Crippen LogP contribution in [0, 0.1) is 0 Å². The van der Waals surface area contributed by atoms with Crippen molar-refractivity contribution in [3.8, 4) is 0 Å². The lowest BCUT2D eigenvalue weighted by Crippen LogP contribution is -1.73. The van der Waals surface area contributed by atoms with Crippen LogP contribution in [0.4, 0.5) is 0 Å². The zero-order valence-electron chi connectivity index (χ0n) is 3.12. The lowest BCUT2D eigenvalue weighted by molar-refractivity contribution is 0.563. The minimum absolute atomic E-state index is 0.588. The molecule has 5 heavy (non-hydrogen) atoms. The molecule has 0 rings (SSSR count). The molecule has 2 heteroatoms. The molecule has 0 bridgehead atoms. The van der Waals surface area contributed by atoms with Gasteiger partial charge >= 0.3 is 0 Å². The standard InChI is InChI=1S/C3H5OSi/c1-3(5)2-4/h1H2,5H3. The topological polar surface area (TPSA) is 17.1 Å². The molecule has 0 amide bonds. The van der Waals surface area contributed by atoms with E-state index in [0.29, 0.717) is 5.20 Å². The fraction of sp³-hybridized carbons (Fsp3) is 0. The first-order valence-electron chi connectivity index (χ1n) is 1.31. The molecule has 0 N–H and O–H groups in total. The van der Waals surface area contributed by atoms with Gasteiger partial charge in [0, 0.05) is 10.2 Å². The molecule has 0 aromatic carbocycles. The Bertz CT molecular complexity index is 57.9. The first-order chi connectivity index (χ1) is 2.27. The smallest absolute Gasteiger partial charge is 0.223 e. The number of rotatable bonds is 1. The number of carbonyl (C=O) groups excluding carboxylic acids is 1.